The Labute approximate surface area is 90.6 Å². The summed E-state index contributed by atoms with van der Waals surface area (Å²) in [4.78, 5) is 2.74. The second kappa shape index (κ2) is 3.32. The lowest BCUT2D eigenvalue weighted by Gasteiger charge is -2.07. The molecule has 2 heteroatoms. The van der Waals surface area contributed by atoms with Crippen LogP contribution in [-0.4, -0.2) is 5.02 Å². The van der Waals surface area contributed by atoms with Crippen molar-refractivity contribution in [2.24, 2.45) is 0 Å². The molecular weight excluding hydrogens is 208 g/mol. The molecule has 0 bridgehead atoms. The lowest BCUT2D eigenvalue weighted by molar-refractivity contribution is 1.29. The fourth-order valence-electron chi connectivity index (χ4n) is 1.57. The first-order valence-electron chi connectivity index (χ1n) is 4.41. The van der Waals surface area contributed by atoms with E-state index in [1.165, 1.54) is 31.9 Å². The summed E-state index contributed by atoms with van der Waals surface area (Å²) in [6.07, 6.45) is 0. The number of fused-ring (bicyclic) bond motifs is 2. The Balaban J connectivity index is 2.38. The van der Waals surface area contributed by atoms with Gasteiger partial charge in [0.25, 0.3) is 0 Å². The molecule has 14 heavy (non-hydrogen) atoms. The lowest BCUT2D eigenvalue weighted by Crippen LogP contribution is -1.80. The molecule has 0 saturated heterocycles. The summed E-state index contributed by atoms with van der Waals surface area (Å²) in [7, 11) is 0. The predicted octanol–water partition coefficient (Wildman–Crippen LogP) is 3.68. The van der Waals surface area contributed by atoms with E-state index in [1.807, 2.05) is 5.41 Å². The Hall–Kier alpha value is -0.950. The van der Waals surface area contributed by atoms with E-state index in [1.54, 1.807) is 11.8 Å². The molecule has 2 aromatic rings. The highest BCUT2D eigenvalue weighted by molar-refractivity contribution is 8.06. The molecule has 0 aliphatic carbocycles. The Kier molecular flexibility index (Phi) is 1.98. The highest BCUT2D eigenvalue weighted by atomic mass is 32.2. The number of benzene rings is 2. The van der Waals surface area contributed by atoms with E-state index in [2.05, 4.69) is 41.4 Å². The van der Waals surface area contributed by atoms with Crippen molar-refractivity contribution in [1.29, 1.82) is 0 Å². The second-order valence-electron chi connectivity index (χ2n) is 3.14. The molecule has 1 aliphatic heterocycles. The van der Waals surface area contributed by atoms with Crippen molar-refractivity contribution in [3.63, 3.8) is 0 Å². The molecule has 3 rings (SSSR count). The molecule has 2 aromatic carbocycles. The van der Waals surface area contributed by atoms with Crippen LogP contribution in [-0.2, 0) is 0 Å². The Morgan fingerprint density at radius 3 is 2.71 bits per heavy atom. The van der Waals surface area contributed by atoms with Crippen LogP contribution in [0.25, 0.3) is 10.8 Å². The van der Waals surface area contributed by atoms with E-state index in [0.717, 1.165) is 0 Å². The van der Waals surface area contributed by atoms with Gasteiger partial charge < -0.3 is 0 Å². The van der Waals surface area contributed by atoms with Gasteiger partial charge in [0, 0.05) is 15.2 Å². The van der Waals surface area contributed by atoms with Crippen LogP contribution in [0, 0.1) is 0 Å². The van der Waals surface area contributed by atoms with Crippen LogP contribution in [0.15, 0.2) is 51.6 Å². The summed E-state index contributed by atoms with van der Waals surface area (Å²) in [5, 5.41) is 7.90. The molecule has 1 aliphatic rings. The molecule has 1 heterocycles. The van der Waals surface area contributed by atoms with Gasteiger partial charge in [-0.05, 0) is 22.9 Å². The van der Waals surface area contributed by atoms with Gasteiger partial charge >= 0.3 is 0 Å². The highest BCUT2D eigenvalue weighted by Gasteiger charge is 2.03. The fourth-order valence-corrected chi connectivity index (χ4v) is 3.31. The molecule has 0 fully saturated rings. The summed E-state index contributed by atoms with van der Waals surface area (Å²) in [6, 6.07) is 13.0. The van der Waals surface area contributed by atoms with Gasteiger partial charge in [0.2, 0.25) is 0 Å². The number of hydrogen-bond donors (Lipinski definition) is 1. The summed E-state index contributed by atoms with van der Waals surface area (Å²) >= 11 is 2.95. The summed E-state index contributed by atoms with van der Waals surface area (Å²) < 4.78 is 0. The maximum absolute atomic E-state index is 3.22. The van der Waals surface area contributed by atoms with Crippen molar-refractivity contribution >= 4 is 38.9 Å². The molecule has 0 saturated carbocycles. The number of hydrogen-bond acceptors (Lipinski definition) is 1. The topological polar surface area (TPSA) is 0 Å². The van der Waals surface area contributed by atoms with Crippen LogP contribution in [0.5, 0.6) is 0 Å². The van der Waals surface area contributed by atoms with Crippen molar-refractivity contribution in [1.82, 2.24) is 0 Å². The van der Waals surface area contributed by atoms with Crippen LogP contribution in [0.2, 0.25) is 0 Å². The Morgan fingerprint density at radius 2 is 1.86 bits per heavy atom. The van der Waals surface area contributed by atoms with E-state index >= 15 is 0 Å². The zero-order valence-corrected chi connectivity index (χ0v) is 9.11. The van der Waals surface area contributed by atoms with Gasteiger partial charge in [0.1, 0.15) is 0 Å². The van der Waals surface area contributed by atoms with Gasteiger partial charge in [0.15, 0.2) is 0 Å². The Morgan fingerprint density at radius 1 is 1.07 bits per heavy atom. The first-order valence-corrected chi connectivity index (χ1v) is 6.18. The number of rotatable bonds is 0. The third-order valence-electron chi connectivity index (χ3n) is 2.25. The summed E-state index contributed by atoms with van der Waals surface area (Å²) in [5.74, 6) is 0. The van der Waals surface area contributed by atoms with Crippen LogP contribution < -0.4 is 0 Å². The second-order valence-corrected chi connectivity index (χ2v) is 5.02. The minimum absolute atomic E-state index is 1.19. The molecule has 0 N–H and O–H groups in total. The van der Waals surface area contributed by atoms with Gasteiger partial charge in [-0.3, -0.25) is 0 Å². The summed E-state index contributed by atoms with van der Waals surface area (Å²) in [6.45, 7) is 0. The maximum Gasteiger partial charge on any atom is 0.0263 e. The third-order valence-corrected chi connectivity index (χ3v) is 4.27. The molecule has 0 spiro atoms. The van der Waals surface area contributed by atoms with Crippen molar-refractivity contribution < 1.29 is 0 Å². The first-order chi connectivity index (χ1) is 6.93. The van der Waals surface area contributed by atoms with E-state index in [9.17, 15) is 0 Å². The maximum atomic E-state index is 3.22. The van der Waals surface area contributed by atoms with Crippen molar-refractivity contribution in [2.75, 3.05) is 0 Å². The van der Waals surface area contributed by atoms with Gasteiger partial charge in [-0.2, -0.15) is 0 Å². The van der Waals surface area contributed by atoms with Crippen LogP contribution >= 0.6 is 23.1 Å². The molecule has 0 aromatic heterocycles. The smallest absolute Gasteiger partial charge is 0.0263 e. The SMILES string of the molecule is C1=CSc2cc3ccccc3cc2[SH]=1. The third kappa shape index (κ3) is 1.32. The monoisotopic (exact) mass is 216 g/mol. The van der Waals surface area contributed by atoms with Crippen molar-refractivity contribution in [3.8, 4) is 0 Å². The van der Waals surface area contributed by atoms with Crippen LogP contribution in [0.1, 0.15) is 0 Å². The van der Waals surface area contributed by atoms with E-state index in [-0.39, 0.29) is 0 Å². The average Bonchev–Trinajstić information content (AvgIpc) is 2.26. The highest BCUT2D eigenvalue weighted by Crippen LogP contribution is 2.34. The normalized spacial score (nSPS) is 13.7. The molecule has 0 amide bonds. The van der Waals surface area contributed by atoms with Crippen molar-refractivity contribution in [2.45, 2.75) is 9.79 Å². The molecule has 0 radical (unpaired) electrons. The molecule has 68 valence electrons. The largest absolute Gasteiger partial charge is 0.124 e. The van der Waals surface area contributed by atoms with Crippen LogP contribution in [0.3, 0.4) is 0 Å². The minimum Gasteiger partial charge on any atom is -0.124 e. The number of thiol groups is 1. The fraction of sp³-hybridized carbons (Fsp3) is 0. The predicted molar refractivity (Wildman–Crippen MR) is 66.6 cm³/mol. The van der Waals surface area contributed by atoms with E-state index in [0.29, 0.717) is 0 Å². The molecule has 0 unspecified atom stereocenters. The molecular formula is C12H8S2. The molecule has 0 atom stereocenters. The minimum atomic E-state index is 1.19. The summed E-state index contributed by atoms with van der Waals surface area (Å²) in [5.41, 5.74) is 0. The average molecular weight is 216 g/mol. The lowest BCUT2D eigenvalue weighted by atomic mass is 10.1. The Bertz CT molecular complexity index is 564. The van der Waals surface area contributed by atoms with E-state index < -0.39 is 0 Å². The van der Waals surface area contributed by atoms with Crippen molar-refractivity contribution in [3.05, 3.63) is 41.8 Å². The number of thioether (sulfide) groups is 1. The zero-order valence-electron chi connectivity index (χ0n) is 7.40. The van der Waals surface area contributed by atoms with Gasteiger partial charge in [-0.1, -0.05) is 41.1 Å². The van der Waals surface area contributed by atoms with Crippen LogP contribution in [0.4, 0.5) is 0 Å². The van der Waals surface area contributed by atoms with Gasteiger partial charge in [0.05, 0.1) is 0 Å². The zero-order chi connectivity index (χ0) is 9.38. The standard InChI is InChI=1S/C12H8S2/c1-2-4-10-8-12-11(7-9(10)3-1)13-5-6-14-12/h1-5,7-8,14H. The van der Waals surface area contributed by atoms with Gasteiger partial charge in [-0.15, -0.1) is 11.4 Å². The molecule has 0 nitrogen and oxygen atoms in total. The van der Waals surface area contributed by atoms with E-state index in [4.69, 9.17) is 0 Å². The first kappa shape index (κ1) is 8.37. The quantitative estimate of drug-likeness (QED) is 0.517. The van der Waals surface area contributed by atoms with Gasteiger partial charge in [-0.25, -0.2) is 0 Å².